The van der Waals surface area contributed by atoms with E-state index in [4.69, 9.17) is 4.74 Å². The Morgan fingerprint density at radius 1 is 0.825 bits per heavy atom. The molecule has 0 bridgehead atoms. The van der Waals surface area contributed by atoms with Crippen LogP contribution in [0.15, 0.2) is 72.8 Å². The third kappa shape index (κ3) is 7.46. The molecule has 1 aliphatic heterocycles. The first-order valence-corrected chi connectivity index (χ1v) is 13.9. The van der Waals surface area contributed by atoms with Crippen molar-refractivity contribution in [2.45, 2.75) is 37.8 Å². The van der Waals surface area contributed by atoms with Gasteiger partial charge in [-0.2, -0.15) is 0 Å². The number of nitrogens with one attached hydrogen (secondary N) is 1. The van der Waals surface area contributed by atoms with Gasteiger partial charge in [0, 0.05) is 47.1 Å². The molecule has 0 aliphatic carbocycles. The second kappa shape index (κ2) is 14.1. The molecule has 1 N–H and O–H groups in total. The molecule has 40 heavy (non-hydrogen) atoms. The summed E-state index contributed by atoms with van der Waals surface area (Å²) < 4.78 is 5.73. The molecular formula is C32H40N4O4. The van der Waals surface area contributed by atoms with E-state index < -0.39 is 12.1 Å². The van der Waals surface area contributed by atoms with Crippen LogP contribution in [-0.4, -0.2) is 92.1 Å². The van der Waals surface area contributed by atoms with E-state index in [0.717, 1.165) is 47.8 Å². The number of carbonyl (C=O) groups is 3. The van der Waals surface area contributed by atoms with Crippen LogP contribution in [0, 0.1) is 0 Å². The van der Waals surface area contributed by atoms with E-state index in [1.165, 1.54) is 9.80 Å². The van der Waals surface area contributed by atoms with Crippen molar-refractivity contribution < 1.29 is 19.1 Å². The second-order valence-corrected chi connectivity index (χ2v) is 10.5. The van der Waals surface area contributed by atoms with Gasteiger partial charge in [-0.3, -0.25) is 19.3 Å². The summed E-state index contributed by atoms with van der Waals surface area (Å²) in [6.07, 6.45) is 2.96. The first-order chi connectivity index (χ1) is 19.4. The number of carbonyl (C=O) groups excluding carboxylic acids is 3. The molecule has 4 rings (SSSR count). The Balaban J connectivity index is 1.56. The molecule has 1 saturated heterocycles. The van der Waals surface area contributed by atoms with Gasteiger partial charge in [0.2, 0.25) is 17.7 Å². The summed E-state index contributed by atoms with van der Waals surface area (Å²) in [5.41, 5.74) is 1.88. The van der Waals surface area contributed by atoms with Gasteiger partial charge in [0.25, 0.3) is 0 Å². The molecule has 0 aromatic heterocycles. The molecule has 1 fully saturated rings. The maximum Gasteiger partial charge on any atom is 0.249 e. The van der Waals surface area contributed by atoms with Gasteiger partial charge in [0.1, 0.15) is 18.7 Å². The Morgan fingerprint density at radius 3 is 2.17 bits per heavy atom. The maximum atomic E-state index is 14.1. The van der Waals surface area contributed by atoms with Gasteiger partial charge in [-0.25, -0.2) is 0 Å². The topological polar surface area (TPSA) is 82.2 Å². The third-order valence-corrected chi connectivity index (χ3v) is 7.72. The van der Waals surface area contributed by atoms with Gasteiger partial charge >= 0.3 is 0 Å². The van der Waals surface area contributed by atoms with Crippen molar-refractivity contribution in [3.8, 4) is 0 Å². The Bertz CT molecular complexity index is 1290. The maximum absolute atomic E-state index is 14.1. The van der Waals surface area contributed by atoms with E-state index in [-0.39, 0.29) is 24.3 Å². The number of rotatable bonds is 12. The molecule has 1 aliphatic rings. The van der Waals surface area contributed by atoms with E-state index in [1.807, 2.05) is 66.7 Å². The molecule has 0 spiro atoms. The highest BCUT2D eigenvalue weighted by molar-refractivity contribution is 5.92. The lowest BCUT2D eigenvalue weighted by Gasteiger charge is -2.34. The molecular weight excluding hydrogens is 504 g/mol. The van der Waals surface area contributed by atoms with E-state index in [0.29, 0.717) is 19.6 Å². The van der Waals surface area contributed by atoms with E-state index >= 15 is 0 Å². The smallest absolute Gasteiger partial charge is 0.249 e. The second-order valence-electron chi connectivity index (χ2n) is 10.5. The predicted octanol–water partition coefficient (Wildman–Crippen LogP) is 3.09. The average molecular weight is 545 g/mol. The van der Waals surface area contributed by atoms with Crippen LogP contribution in [0.4, 0.5) is 0 Å². The number of likely N-dealkylation sites (N-methyl/N-ethyl adjacent to an activating group) is 3. The van der Waals surface area contributed by atoms with Crippen LogP contribution in [0.1, 0.15) is 24.0 Å². The normalized spacial score (nSPS) is 15.0. The molecule has 0 saturated carbocycles. The minimum atomic E-state index is -0.808. The zero-order chi connectivity index (χ0) is 28.5. The highest BCUT2D eigenvalue weighted by Crippen LogP contribution is 2.20. The molecule has 2 atom stereocenters. The lowest BCUT2D eigenvalue weighted by Crippen LogP contribution is -2.56. The molecule has 8 heteroatoms. The standard InChI is InChI=1S/C32H40N4O4/c1-33-31(38)28(20-24-11-5-4-6-12-24)35(3)32(39)29(21-25-15-16-26-13-7-8-14-27(26)19-25)34(2)30(37)22-40-23-36-17-9-10-18-36/h4-8,11-16,19,28-29H,9-10,17-18,20-23H2,1-3H3,(H,33,38)/t28-,29+/m1/s1. The Kier molecular flexibility index (Phi) is 10.3. The highest BCUT2D eigenvalue weighted by Gasteiger charge is 2.35. The van der Waals surface area contributed by atoms with Gasteiger partial charge in [-0.15, -0.1) is 0 Å². The van der Waals surface area contributed by atoms with Crippen molar-refractivity contribution in [1.82, 2.24) is 20.0 Å². The number of benzene rings is 3. The molecule has 3 aromatic rings. The zero-order valence-electron chi connectivity index (χ0n) is 23.7. The lowest BCUT2D eigenvalue weighted by atomic mass is 9.98. The summed E-state index contributed by atoms with van der Waals surface area (Å²) in [7, 11) is 4.85. The number of amides is 3. The van der Waals surface area contributed by atoms with Crippen LogP contribution < -0.4 is 5.32 Å². The quantitative estimate of drug-likeness (QED) is 0.379. The van der Waals surface area contributed by atoms with Crippen LogP contribution >= 0.6 is 0 Å². The van der Waals surface area contributed by atoms with Crippen molar-refractivity contribution in [2.75, 3.05) is 47.6 Å². The molecule has 212 valence electrons. The zero-order valence-corrected chi connectivity index (χ0v) is 23.7. The predicted molar refractivity (Wildman–Crippen MR) is 157 cm³/mol. The van der Waals surface area contributed by atoms with E-state index in [1.54, 1.807) is 21.1 Å². The van der Waals surface area contributed by atoms with Gasteiger partial charge in [0.15, 0.2) is 0 Å². The first kappa shape index (κ1) is 29.2. The number of hydrogen-bond acceptors (Lipinski definition) is 5. The van der Waals surface area contributed by atoms with Gasteiger partial charge in [-0.1, -0.05) is 72.8 Å². The molecule has 3 aromatic carbocycles. The Hall–Kier alpha value is -3.75. The van der Waals surface area contributed by atoms with Gasteiger partial charge < -0.3 is 19.9 Å². The van der Waals surface area contributed by atoms with Crippen molar-refractivity contribution in [1.29, 1.82) is 0 Å². The number of nitrogens with zero attached hydrogens (tertiary/aromatic N) is 3. The summed E-state index contributed by atoms with van der Waals surface area (Å²) in [5, 5.41) is 4.87. The van der Waals surface area contributed by atoms with Crippen LogP contribution in [0.5, 0.6) is 0 Å². The SMILES string of the molecule is CNC(=O)[C@@H](Cc1ccccc1)N(C)C(=O)[C@H](Cc1ccc2ccccc2c1)N(C)C(=O)COCN1CCCC1. The van der Waals surface area contributed by atoms with Crippen LogP contribution in [0.25, 0.3) is 10.8 Å². The summed E-state index contributed by atoms with van der Waals surface area (Å²) in [6, 6.07) is 22.2. The average Bonchev–Trinajstić information content (AvgIpc) is 3.51. The monoisotopic (exact) mass is 544 g/mol. The molecule has 0 radical (unpaired) electrons. The summed E-state index contributed by atoms with van der Waals surface area (Å²) in [5.74, 6) is -0.827. The van der Waals surface area contributed by atoms with E-state index in [2.05, 4.69) is 16.3 Å². The fourth-order valence-electron chi connectivity index (χ4n) is 5.23. The number of likely N-dealkylation sites (tertiary alicyclic amines) is 1. The van der Waals surface area contributed by atoms with E-state index in [9.17, 15) is 14.4 Å². The summed E-state index contributed by atoms with van der Waals surface area (Å²) in [4.78, 5) is 45.4. The molecule has 1 heterocycles. The fourth-order valence-corrected chi connectivity index (χ4v) is 5.23. The number of ether oxygens (including phenoxy) is 1. The minimum absolute atomic E-state index is 0.110. The minimum Gasteiger partial charge on any atom is -0.357 e. The highest BCUT2D eigenvalue weighted by atomic mass is 16.5. The summed E-state index contributed by atoms with van der Waals surface area (Å²) >= 11 is 0. The third-order valence-electron chi connectivity index (χ3n) is 7.72. The molecule has 0 unspecified atom stereocenters. The number of hydrogen-bond donors (Lipinski definition) is 1. The number of fused-ring (bicyclic) bond motifs is 1. The Labute approximate surface area is 236 Å². The van der Waals surface area contributed by atoms with Crippen LogP contribution in [0.3, 0.4) is 0 Å². The van der Waals surface area contributed by atoms with Crippen LogP contribution in [0.2, 0.25) is 0 Å². The fraction of sp³-hybridized carbons (Fsp3) is 0.406. The molecule has 3 amide bonds. The van der Waals surface area contributed by atoms with Crippen molar-refractivity contribution >= 4 is 28.5 Å². The summed E-state index contributed by atoms with van der Waals surface area (Å²) in [6.45, 7) is 2.24. The van der Waals surface area contributed by atoms with Gasteiger partial charge in [0.05, 0.1) is 6.73 Å². The van der Waals surface area contributed by atoms with Crippen molar-refractivity contribution in [3.63, 3.8) is 0 Å². The first-order valence-electron chi connectivity index (χ1n) is 13.9. The van der Waals surface area contributed by atoms with Gasteiger partial charge in [-0.05, 0) is 34.7 Å². The van der Waals surface area contributed by atoms with Crippen LogP contribution in [-0.2, 0) is 32.0 Å². The lowest BCUT2D eigenvalue weighted by molar-refractivity contribution is -0.149. The van der Waals surface area contributed by atoms with Crippen molar-refractivity contribution in [3.05, 3.63) is 83.9 Å². The Morgan fingerprint density at radius 2 is 1.48 bits per heavy atom. The largest absolute Gasteiger partial charge is 0.357 e. The van der Waals surface area contributed by atoms with Crippen molar-refractivity contribution in [2.24, 2.45) is 0 Å². The molecule has 8 nitrogen and oxygen atoms in total.